The molecule has 1 aromatic heterocycles. The van der Waals surface area contributed by atoms with E-state index in [9.17, 15) is 0 Å². The van der Waals surface area contributed by atoms with Crippen LogP contribution < -0.4 is 0 Å². The standard InChI is InChI=1S/C38H28N2S/c1-22-10-9-19-38(2)35(22)39-37(40-36(38)24-11-4-3-5-12-24)25-20-29-27-15-7-6-14-26(27)28-16-8-13-23-17-18-30-34(32(23)28)33(29)31(21-25)41-30/h3-9,11-22,36H,10H2,1-2H3. The van der Waals surface area contributed by atoms with Crippen LogP contribution >= 0.6 is 11.3 Å². The van der Waals surface area contributed by atoms with Crippen LogP contribution in [0.15, 0.2) is 119 Å². The second kappa shape index (κ2) is 8.34. The van der Waals surface area contributed by atoms with Crippen molar-refractivity contribution >= 4 is 53.8 Å². The van der Waals surface area contributed by atoms with Crippen LogP contribution in [0, 0.1) is 11.3 Å². The molecule has 2 aliphatic carbocycles. The summed E-state index contributed by atoms with van der Waals surface area (Å²) in [6.07, 6.45) is 5.70. The number of hydrogen-bond donors (Lipinski definition) is 0. The molecule has 0 radical (unpaired) electrons. The van der Waals surface area contributed by atoms with E-state index in [1.54, 1.807) is 0 Å². The van der Waals surface area contributed by atoms with Crippen molar-refractivity contribution in [3.05, 3.63) is 120 Å². The average molecular weight is 545 g/mol. The molecule has 0 spiro atoms. The van der Waals surface area contributed by atoms with E-state index in [1.807, 2.05) is 11.3 Å². The summed E-state index contributed by atoms with van der Waals surface area (Å²) in [5.74, 6) is 1.23. The summed E-state index contributed by atoms with van der Waals surface area (Å²) in [5.41, 5.74) is 8.54. The molecule has 0 bridgehead atoms. The average Bonchev–Trinajstić information content (AvgIpc) is 3.33. The Kier molecular flexibility index (Phi) is 4.76. The Labute approximate surface area is 243 Å². The van der Waals surface area contributed by atoms with Gasteiger partial charge in [0.15, 0.2) is 5.84 Å². The van der Waals surface area contributed by atoms with Gasteiger partial charge in [0.25, 0.3) is 0 Å². The molecule has 3 atom stereocenters. The summed E-state index contributed by atoms with van der Waals surface area (Å²) in [6, 6.07) is 35.7. The van der Waals surface area contributed by atoms with E-state index in [4.69, 9.17) is 9.98 Å². The van der Waals surface area contributed by atoms with Gasteiger partial charge in [-0.15, -0.1) is 11.3 Å². The third kappa shape index (κ3) is 3.18. The van der Waals surface area contributed by atoms with Crippen molar-refractivity contribution in [1.82, 2.24) is 0 Å². The molecule has 41 heavy (non-hydrogen) atoms. The number of aliphatic imine (C=N–C) groups is 2. The number of rotatable bonds is 2. The maximum Gasteiger partial charge on any atom is 0.155 e. The van der Waals surface area contributed by atoms with Crippen molar-refractivity contribution in [2.45, 2.75) is 26.3 Å². The minimum atomic E-state index is -0.226. The highest BCUT2D eigenvalue weighted by Gasteiger charge is 2.44. The molecule has 6 aromatic rings. The largest absolute Gasteiger partial charge is 0.257 e. The normalized spacial score (nSPS) is 22.6. The van der Waals surface area contributed by atoms with Crippen LogP contribution in [0.1, 0.15) is 37.4 Å². The van der Waals surface area contributed by atoms with Gasteiger partial charge in [-0.05, 0) is 76.1 Å². The Morgan fingerprint density at radius 2 is 1.51 bits per heavy atom. The van der Waals surface area contributed by atoms with E-state index in [1.165, 1.54) is 64.5 Å². The molecule has 0 saturated heterocycles. The second-order valence-electron chi connectivity index (χ2n) is 12.0. The number of fused-ring (bicyclic) bond motifs is 4. The molecule has 196 valence electrons. The monoisotopic (exact) mass is 544 g/mol. The highest BCUT2D eigenvalue weighted by Crippen LogP contribution is 2.52. The molecule has 1 aliphatic heterocycles. The molecular weight excluding hydrogens is 516 g/mol. The van der Waals surface area contributed by atoms with Gasteiger partial charge < -0.3 is 0 Å². The van der Waals surface area contributed by atoms with E-state index >= 15 is 0 Å². The van der Waals surface area contributed by atoms with Gasteiger partial charge in [0.1, 0.15) is 0 Å². The minimum Gasteiger partial charge on any atom is -0.257 e. The van der Waals surface area contributed by atoms with Gasteiger partial charge in [0.05, 0.1) is 11.5 Å². The van der Waals surface area contributed by atoms with E-state index in [-0.39, 0.29) is 11.5 Å². The second-order valence-corrected chi connectivity index (χ2v) is 13.1. The van der Waals surface area contributed by atoms with Crippen molar-refractivity contribution in [3.63, 3.8) is 0 Å². The number of allylic oxidation sites excluding steroid dienone is 1. The fourth-order valence-corrected chi connectivity index (χ4v) is 8.76. The zero-order valence-corrected chi connectivity index (χ0v) is 23.9. The van der Waals surface area contributed by atoms with Gasteiger partial charge in [-0.1, -0.05) is 97.9 Å². The molecule has 5 aromatic carbocycles. The van der Waals surface area contributed by atoms with Crippen LogP contribution in [-0.4, -0.2) is 11.5 Å². The van der Waals surface area contributed by atoms with E-state index in [2.05, 4.69) is 123 Å². The fraction of sp³-hybridized carbons (Fsp3) is 0.158. The van der Waals surface area contributed by atoms with E-state index < -0.39 is 0 Å². The van der Waals surface area contributed by atoms with Gasteiger partial charge in [-0.2, -0.15) is 0 Å². The third-order valence-electron chi connectivity index (χ3n) is 9.48. The Balaban J connectivity index is 1.36. The number of benzene rings is 5. The lowest BCUT2D eigenvalue weighted by atomic mass is 9.67. The van der Waals surface area contributed by atoms with Crippen LogP contribution in [0.3, 0.4) is 0 Å². The fourth-order valence-electron chi connectivity index (χ4n) is 7.59. The Morgan fingerprint density at radius 1 is 0.732 bits per heavy atom. The predicted molar refractivity (Wildman–Crippen MR) is 175 cm³/mol. The maximum absolute atomic E-state index is 5.46. The van der Waals surface area contributed by atoms with Crippen LogP contribution in [0.2, 0.25) is 0 Å². The Hall–Kier alpha value is -4.34. The molecule has 3 aliphatic rings. The van der Waals surface area contributed by atoms with E-state index in [0.717, 1.165) is 17.8 Å². The summed E-state index contributed by atoms with van der Waals surface area (Å²) in [7, 11) is 0. The summed E-state index contributed by atoms with van der Waals surface area (Å²) in [6.45, 7) is 4.63. The first-order valence-electron chi connectivity index (χ1n) is 14.5. The molecule has 2 nitrogen and oxygen atoms in total. The lowest BCUT2D eigenvalue weighted by molar-refractivity contribution is 0.430. The zero-order chi connectivity index (χ0) is 27.3. The molecule has 0 saturated carbocycles. The highest BCUT2D eigenvalue weighted by molar-refractivity contribution is 7.26. The molecule has 0 fully saturated rings. The first-order chi connectivity index (χ1) is 20.1. The molecule has 0 amide bonds. The minimum absolute atomic E-state index is 0.0152. The Morgan fingerprint density at radius 3 is 2.37 bits per heavy atom. The molecular formula is C38H28N2S. The van der Waals surface area contributed by atoms with Crippen molar-refractivity contribution in [1.29, 1.82) is 0 Å². The number of hydrogen-bond acceptors (Lipinski definition) is 3. The zero-order valence-electron chi connectivity index (χ0n) is 23.1. The first-order valence-corrected chi connectivity index (χ1v) is 15.3. The quantitative estimate of drug-likeness (QED) is 0.193. The maximum atomic E-state index is 5.46. The van der Waals surface area contributed by atoms with Gasteiger partial charge in [-0.25, -0.2) is 4.99 Å². The molecule has 3 unspecified atom stereocenters. The Bertz CT molecular complexity index is 2160. The van der Waals surface area contributed by atoms with Crippen molar-refractivity contribution in [2.24, 2.45) is 21.3 Å². The molecule has 2 heterocycles. The van der Waals surface area contributed by atoms with Crippen LogP contribution in [0.4, 0.5) is 0 Å². The lowest BCUT2D eigenvalue weighted by Crippen LogP contribution is -2.41. The lowest BCUT2D eigenvalue weighted by Gasteiger charge is -2.42. The topological polar surface area (TPSA) is 24.7 Å². The predicted octanol–water partition coefficient (Wildman–Crippen LogP) is 10.4. The van der Waals surface area contributed by atoms with Crippen molar-refractivity contribution in [2.75, 3.05) is 0 Å². The SMILES string of the molecule is CC1CC=CC2(C)C1=NC(c1cc3c4c(c1)sc1ccc5cccc(c5c14)-c1ccccc1-3)=NC2c1ccccc1. The number of nitrogens with zero attached hydrogens (tertiary/aromatic N) is 2. The third-order valence-corrected chi connectivity index (χ3v) is 10.6. The summed E-state index contributed by atoms with van der Waals surface area (Å²) >= 11 is 1.89. The molecule has 0 N–H and O–H groups in total. The summed E-state index contributed by atoms with van der Waals surface area (Å²) in [5, 5.41) is 5.41. The number of amidine groups is 1. The smallest absolute Gasteiger partial charge is 0.155 e. The van der Waals surface area contributed by atoms with Crippen molar-refractivity contribution in [3.8, 4) is 22.3 Å². The van der Waals surface area contributed by atoms with Gasteiger partial charge in [-0.3, -0.25) is 4.99 Å². The highest BCUT2D eigenvalue weighted by atomic mass is 32.1. The molecule has 9 rings (SSSR count). The van der Waals surface area contributed by atoms with Gasteiger partial charge in [0.2, 0.25) is 0 Å². The van der Waals surface area contributed by atoms with Crippen LogP contribution in [-0.2, 0) is 0 Å². The van der Waals surface area contributed by atoms with Crippen molar-refractivity contribution < 1.29 is 0 Å². The molecule has 3 heteroatoms. The van der Waals surface area contributed by atoms with Crippen LogP contribution in [0.5, 0.6) is 0 Å². The van der Waals surface area contributed by atoms with Crippen LogP contribution in [0.25, 0.3) is 53.2 Å². The summed E-state index contributed by atoms with van der Waals surface area (Å²) < 4.78 is 2.64. The van der Waals surface area contributed by atoms with E-state index in [0.29, 0.717) is 5.92 Å². The first kappa shape index (κ1) is 23.4. The van der Waals surface area contributed by atoms with Gasteiger partial charge >= 0.3 is 0 Å². The number of thiophene rings is 1. The van der Waals surface area contributed by atoms with Gasteiger partial charge in [0, 0.05) is 31.4 Å². The summed E-state index contributed by atoms with van der Waals surface area (Å²) in [4.78, 5) is 10.8.